The molecular formula is C19H21N3O3S. The predicted octanol–water partition coefficient (Wildman–Crippen LogP) is 3.36. The van der Waals surface area contributed by atoms with Crippen LogP contribution in [0.15, 0.2) is 46.9 Å². The van der Waals surface area contributed by atoms with E-state index in [9.17, 15) is 9.59 Å². The van der Waals surface area contributed by atoms with Gasteiger partial charge in [-0.05, 0) is 29.1 Å². The lowest BCUT2D eigenvalue weighted by Gasteiger charge is -2.20. The van der Waals surface area contributed by atoms with E-state index in [1.807, 2.05) is 60.8 Å². The zero-order valence-corrected chi connectivity index (χ0v) is 15.6. The SMILES string of the molecule is CN(C)c1ccc(C2=NN(C(=O)CCC(=O)O)[C@H](c3cccs3)C2)cc1. The van der Waals surface area contributed by atoms with Crippen molar-refractivity contribution in [2.24, 2.45) is 5.10 Å². The molecule has 0 fully saturated rings. The second-order valence-electron chi connectivity index (χ2n) is 6.36. The van der Waals surface area contributed by atoms with Gasteiger partial charge in [0.15, 0.2) is 0 Å². The van der Waals surface area contributed by atoms with Crippen molar-refractivity contribution in [2.75, 3.05) is 19.0 Å². The molecule has 1 amide bonds. The standard InChI is InChI=1S/C19H21N3O3S/c1-21(2)14-7-5-13(6-8-14)15-12-16(17-4-3-11-26-17)22(20-15)18(23)9-10-19(24)25/h3-8,11,16H,9-10,12H2,1-2H3,(H,24,25)/t16-/m0/s1. The normalized spacial score (nSPS) is 16.5. The van der Waals surface area contributed by atoms with E-state index in [2.05, 4.69) is 5.10 Å². The predicted molar refractivity (Wildman–Crippen MR) is 103 cm³/mol. The Bertz CT molecular complexity index is 813. The van der Waals surface area contributed by atoms with Crippen LogP contribution in [0.5, 0.6) is 0 Å². The van der Waals surface area contributed by atoms with Gasteiger partial charge in [-0.2, -0.15) is 5.10 Å². The molecular weight excluding hydrogens is 350 g/mol. The molecule has 2 aromatic rings. The number of amides is 1. The van der Waals surface area contributed by atoms with Crippen LogP contribution in [0.3, 0.4) is 0 Å². The Balaban J connectivity index is 1.85. The van der Waals surface area contributed by atoms with Gasteiger partial charge in [0.1, 0.15) is 0 Å². The number of carboxylic acids is 1. The summed E-state index contributed by atoms with van der Waals surface area (Å²) in [6.45, 7) is 0. The Labute approximate surface area is 156 Å². The van der Waals surface area contributed by atoms with Crippen molar-refractivity contribution in [1.29, 1.82) is 0 Å². The lowest BCUT2D eigenvalue weighted by molar-refractivity contribution is -0.141. The Morgan fingerprint density at radius 3 is 2.54 bits per heavy atom. The van der Waals surface area contributed by atoms with Crippen molar-refractivity contribution >= 4 is 34.6 Å². The van der Waals surface area contributed by atoms with E-state index in [-0.39, 0.29) is 24.8 Å². The van der Waals surface area contributed by atoms with E-state index in [1.54, 1.807) is 11.3 Å². The Hall–Kier alpha value is -2.67. The van der Waals surface area contributed by atoms with Crippen LogP contribution in [-0.2, 0) is 9.59 Å². The molecule has 1 aliphatic heterocycles. The van der Waals surface area contributed by atoms with E-state index in [4.69, 9.17) is 5.11 Å². The molecule has 1 aliphatic rings. The van der Waals surface area contributed by atoms with Crippen LogP contribution in [0, 0.1) is 0 Å². The molecule has 1 N–H and O–H groups in total. The lowest BCUT2D eigenvalue weighted by atomic mass is 10.0. The van der Waals surface area contributed by atoms with E-state index in [0.29, 0.717) is 6.42 Å². The minimum Gasteiger partial charge on any atom is -0.481 e. The molecule has 1 aromatic carbocycles. The maximum Gasteiger partial charge on any atom is 0.303 e. The molecule has 3 rings (SSSR count). The number of rotatable bonds is 6. The Kier molecular flexibility index (Phi) is 5.37. The molecule has 0 saturated heterocycles. The summed E-state index contributed by atoms with van der Waals surface area (Å²) >= 11 is 1.58. The number of carbonyl (C=O) groups excluding carboxylic acids is 1. The summed E-state index contributed by atoms with van der Waals surface area (Å²) in [5, 5.41) is 16.8. The van der Waals surface area contributed by atoms with Gasteiger partial charge in [0.05, 0.1) is 18.2 Å². The number of hydrazone groups is 1. The quantitative estimate of drug-likeness (QED) is 0.845. The highest BCUT2D eigenvalue weighted by molar-refractivity contribution is 7.10. The first kappa shape index (κ1) is 18.1. The van der Waals surface area contributed by atoms with E-state index >= 15 is 0 Å². The van der Waals surface area contributed by atoms with Crippen molar-refractivity contribution in [3.8, 4) is 0 Å². The monoisotopic (exact) mass is 371 g/mol. The van der Waals surface area contributed by atoms with E-state index < -0.39 is 5.97 Å². The highest BCUT2D eigenvalue weighted by Gasteiger charge is 2.33. The molecule has 0 radical (unpaired) electrons. The van der Waals surface area contributed by atoms with Gasteiger partial charge in [0.2, 0.25) is 5.91 Å². The average molecular weight is 371 g/mol. The van der Waals surface area contributed by atoms with Gasteiger partial charge in [0.25, 0.3) is 0 Å². The smallest absolute Gasteiger partial charge is 0.303 e. The molecule has 0 saturated carbocycles. The highest BCUT2D eigenvalue weighted by atomic mass is 32.1. The molecule has 26 heavy (non-hydrogen) atoms. The Morgan fingerprint density at radius 2 is 1.96 bits per heavy atom. The van der Waals surface area contributed by atoms with Crippen LogP contribution in [-0.4, -0.2) is 41.8 Å². The molecule has 7 heteroatoms. The number of hydrogen-bond acceptors (Lipinski definition) is 5. The second-order valence-corrected chi connectivity index (χ2v) is 7.33. The average Bonchev–Trinajstić information content (AvgIpc) is 3.29. The van der Waals surface area contributed by atoms with Crippen LogP contribution in [0.4, 0.5) is 5.69 Å². The van der Waals surface area contributed by atoms with Gasteiger partial charge in [0, 0.05) is 37.5 Å². The largest absolute Gasteiger partial charge is 0.481 e. The molecule has 0 aliphatic carbocycles. The van der Waals surface area contributed by atoms with Crippen molar-refractivity contribution in [3.05, 3.63) is 52.2 Å². The molecule has 1 atom stereocenters. The zero-order chi connectivity index (χ0) is 18.7. The molecule has 0 bridgehead atoms. The number of nitrogens with zero attached hydrogens (tertiary/aromatic N) is 3. The molecule has 1 aromatic heterocycles. The van der Waals surface area contributed by atoms with Crippen LogP contribution in [0.2, 0.25) is 0 Å². The lowest BCUT2D eigenvalue weighted by Crippen LogP contribution is -2.26. The molecule has 0 unspecified atom stereocenters. The minimum atomic E-state index is -0.978. The summed E-state index contributed by atoms with van der Waals surface area (Å²) in [5.41, 5.74) is 2.92. The van der Waals surface area contributed by atoms with Crippen molar-refractivity contribution < 1.29 is 14.7 Å². The topological polar surface area (TPSA) is 73.2 Å². The zero-order valence-electron chi connectivity index (χ0n) is 14.8. The third-order valence-corrected chi connectivity index (χ3v) is 5.28. The van der Waals surface area contributed by atoms with Crippen LogP contribution >= 0.6 is 11.3 Å². The first-order chi connectivity index (χ1) is 12.5. The summed E-state index contributed by atoms with van der Waals surface area (Å²) in [6.07, 6.45) is 0.392. The van der Waals surface area contributed by atoms with Crippen LogP contribution < -0.4 is 4.90 Å². The van der Waals surface area contributed by atoms with Gasteiger partial charge in [-0.1, -0.05) is 18.2 Å². The summed E-state index contributed by atoms with van der Waals surface area (Å²) in [5.74, 6) is -1.24. The fourth-order valence-corrected chi connectivity index (χ4v) is 3.71. The first-order valence-corrected chi connectivity index (χ1v) is 9.26. The third-order valence-electron chi connectivity index (χ3n) is 4.31. The van der Waals surface area contributed by atoms with Gasteiger partial charge < -0.3 is 10.0 Å². The van der Waals surface area contributed by atoms with Gasteiger partial charge >= 0.3 is 5.97 Å². The van der Waals surface area contributed by atoms with Gasteiger partial charge in [-0.25, -0.2) is 5.01 Å². The van der Waals surface area contributed by atoms with E-state index in [0.717, 1.165) is 21.8 Å². The fourth-order valence-electron chi connectivity index (χ4n) is 2.90. The number of carbonyl (C=O) groups is 2. The summed E-state index contributed by atoms with van der Waals surface area (Å²) < 4.78 is 0. The number of aliphatic carboxylic acids is 1. The maximum absolute atomic E-state index is 12.5. The molecule has 136 valence electrons. The molecule has 2 heterocycles. The van der Waals surface area contributed by atoms with Crippen molar-refractivity contribution in [2.45, 2.75) is 25.3 Å². The summed E-state index contributed by atoms with van der Waals surface area (Å²) in [7, 11) is 3.97. The fraction of sp³-hybridized carbons (Fsp3) is 0.316. The highest BCUT2D eigenvalue weighted by Crippen LogP contribution is 2.35. The first-order valence-electron chi connectivity index (χ1n) is 8.38. The number of anilines is 1. The third kappa shape index (κ3) is 3.94. The number of benzene rings is 1. The van der Waals surface area contributed by atoms with Crippen molar-refractivity contribution in [1.82, 2.24) is 5.01 Å². The minimum absolute atomic E-state index is 0.0481. The van der Waals surface area contributed by atoms with Crippen molar-refractivity contribution in [3.63, 3.8) is 0 Å². The number of carboxylic acid groups (broad SMARTS) is 1. The molecule has 0 spiro atoms. The summed E-state index contributed by atoms with van der Waals surface area (Å²) in [6, 6.07) is 11.8. The maximum atomic E-state index is 12.5. The number of thiophene rings is 1. The van der Waals surface area contributed by atoms with Gasteiger partial charge in [-0.3, -0.25) is 9.59 Å². The Morgan fingerprint density at radius 1 is 1.23 bits per heavy atom. The molecule has 6 nitrogen and oxygen atoms in total. The van der Waals surface area contributed by atoms with Gasteiger partial charge in [-0.15, -0.1) is 11.3 Å². The van der Waals surface area contributed by atoms with E-state index in [1.165, 1.54) is 5.01 Å². The van der Waals surface area contributed by atoms with Crippen LogP contribution in [0.25, 0.3) is 0 Å². The summed E-state index contributed by atoms with van der Waals surface area (Å²) in [4.78, 5) is 26.4. The second kappa shape index (κ2) is 7.70. The van der Waals surface area contributed by atoms with Crippen LogP contribution in [0.1, 0.15) is 35.7 Å². The number of hydrogen-bond donors (Lipinski definition) is 1.